The zero-order valence-electron chi connectivity index (χ0n) is 13.9. The summed E-state index contributed by atoms with van der Waals surface area (Å²) in [5, 5.41) is 0. The summed E-state index contributed by atoms with van der Waals surface area (Å²) in [4.78, 5) is 0. The molecule has 0 bridgehead atoms. The third kappa shape index (κ3) is 11.1. The Morgan fingerprint density at radius 1 is 0.591 bits per heavy atom. The molecule has 0 atom stereocenters. The zero-order valence-corrected chi connectivity index (χ0v) is 16.3. The van der Waals surface area contributed by atoms with Gasteiger partial charge >= 0.3 is 0 Å². The first-order valence-corrected chi connectivity index (χ1v) is 7.38. The first kappa shape index (κ1) is 20.4. The van der Waals surface area contributed by atoms with Crippen molar-refractivity contribution in [3.05, 3.63) is 88.6 Å². The monoisotopic (exact) mass is 345 g/mol. The van der Waals surface area contributed by atoms with E-state index in [1.165, 1.54) is 16.7 Å². The normalized spacial score (nSPS) is 16.2. The van der Waals surface area contributed by atoms with Crippen molar-refractivity contribution in [2.24, 2.45) is 0 Å². The van der Waals surface area contributed by atoms with Crippen LogP contribution in [-0.2, 0) is 0 Å². The topological polar surface area (TPSA) is 0 Å². The molecule has 0 unspecified atom stereocenters. The van der Waals surface area contributed by atoms with Gasteiger partial charge in [0.15, 0.2) is 0 Å². The molecule has 0 nitrogen and oxygen atoms in total. The van der Waals surface area contributed by atoms with Crippen LogP contribution in [0.15, 0.2) is 88.6 Å². The predicted octanol–water partition coefficient (Wildman–Crippen LogP) is 5.76. The van der Waals surface area contributed by atoms with Gasteiger partial charge in [-0.3, -0.25) is 0 Å². The smallest absolute Gasteiger partial charge is 0 e. The quantitative estimate of drug-likeness (QED) is 0.386. The molecule has 0 amide bonds. The second-order valence-electron chi connectivity index (χ2n) is 5.26. The first-order valence-electron chi connectivity index (χ1n) is 7.38. The molecule has 0 fully saturated rings. The first-order chi connectivity index (χ1) is 10.2. The average Bonchev–Trinajstić information content (AvgIpc) is 2.51. The van der Waals surface area contributed by atoms with Crippen LogP contribution in [-0.4, -0.2) is 19.8 Å². The molecule has 0 aromatic heterocycles. The molecule has 1 heteroatoms. The molecule has 111 valence electrons. The zero-order chi connectivity index (χ0) is 15.3. The Hall–Kier alpha value is -1.58. The minimum absolute atomic E-state index is 0. The molecule has 0 spiro atoms. The van der Waals surface area contributed by atoms with Gasteiger partial charge in [0, 0.05) is 19.8 Å². The van der Waals surface area contributed by atoms with Crippen LogP contribution in [0.4, 0.5) is 0 Å². The number of allylic oxidation sites excluding steroid dienone is 9. The van der Waals surface area contributed by atoms with Gasteiger partial charge in [0.1, 0.15) is 0 Å². The largest absolute Gasteiger partial charge is 0.125 e. The molecule has 0 saturated heterocycles. The van der Waals surface area contributed by atoms with Gasteiger partial charge in [-0.1, -0.05) is 34.9 Å². The van der Waals surface area contributed by atoms with E-state index in [4.69, 9.17) is 0 Å². The van der Waals surface area contributed by atoms with Crippen LogP contribution < -0.4 is 0 Å². The van der Waals surface area contributed by atoms with E-state index < -0.39 is 0 Å². The molecule has 3 rings (SSSR count). The molecule has 0 aromatic carbocycles. The fraction of sp³-hybridized carbons (Fsp3) is 0.286. The summed E-state index contributed by atoms with van der Waals surface area (Å²) in [5.41, 5.74) is 13.2. The Bertz CT molecular complexity index is 526. The van der Waals surface area contributed by atoms with E-state index in [1.807, 2.05) is 36.5 Å². The Morgan fingerprint density at radius 2 is 0.864 bits per heavy atom. The van der Waals surface area contributed by atoms with Gasteiger partial charge in [-0.25, -0.2) is 0 Å². The maximum Gasteiger partial charge on any atom is 0 e. The Morgan fingerprint density at radius 3 is 0.955 bits per heavy atom. The molecule has 0 aromatic rings. The second kappa shape index (κ2) is 13.1. The number of hydrogen-bond donors (Lipinski definition) is 0. The van der Waals surface area contributed by atoms with Gasteiger partial charge in [-0.2, -0.15) is 0 Å². The van der Waals surface area contributed by atoms with E-state index in [9.17, 15) is 0 Å². The van der Waals surface area contributed by atoms with E-state index in [2.05, 4.69) is 56.2 Å². The molecule has 3 radical (unpaired) electrons. The fourth-order valence-corrected chi connectivity index (χ4v) is 1.64. The van der Waals surface area contributed by atoms with Crippen LogP contribution in [0, 0.1) is 0 Å². The fourth-order valence-electron chi connectivity index (χ4n) is 1.64. The van der Waals surface area contributed by atoms with E-state index in [-0.39, 0.29) is 19.8 Å². The van der Waals surface area contributed by atoms with Gasteiger partial charge in [0.25, 0.3) is 0 Å². The van der Waals surface area contributed by atoms with Crippen LogP contribution in [0.3, 0.4) is 0 Å². The third-order valence-corrected chi connectivity index (χ3v) is 3.02. The van der Waals surface area contributed by atoms with Gasteiger partial charge in [0.05, 0.1) is 0 Å². The summed E-state index contributed by atoms with van der Waals surface area (Å²) in [6, 6.07) is 0. The van der Waals surface area contributed by atoms with Gasteiger partial charge < -0.3 is 0 Å². The van der Waals surface area contributed by atoms with E-state index in [0.29, 0.717) is 0 Å². The molecule has 3 aliphatic carbocycles. The van der Waals surface area contributed by atoms with Crippen molar-refractivity contribution < 1.29 is 0 Å². The summed E-state index contributed by atoms with van der Waals surface area (Å²) in [6.45, 7) is 6.36. The molecular weight excluding hydrogens is 322 g/mol. The van der Waals surface area contributed by atoms with Crippen molar-refractivity contribution in [1.29, 1.82) is 0 Å². The SMILES string of the molecule is CC1=CC=C=CC1.CC1=CC=C=CC1.CC1=CC=C=CC1.[Ga]. The molecule has 0 N–H and O–H groups in total. The number of hydrogen-bond acceptors (Lipinski definition) is 0. The molecular formula is C21H24Ga. The predicted molar refractivity (Wildman–Crippen MR) is 98.8 cm³/mol. The summed E-state index contributed by atoms with van der Waals surface area (Å²) < 4.78 is 0. The minimum Gasteiger partial charge on any atom is -0.125 e. The van der Waals surface area contributed by atoms with Crippen LogP contribution in [0.2, 0.25) is 0 Å². The maximum absolute atomic E-state index is 2.99. The maximum atomic E-state index is 2.99. The summed E-state index contributed by atoms with van der Waals surface area (Å²) in [5.74, 6) is 0. The Balaban J connectivity index is 0.000000294. The molecule has 0 heterocycles. The van der Waals surface area contributed by atoms with Gasteiger partial charge in [-0.15, -0.1) is 17.2 Å². The molecule has 22 heavy (non-hydrogen) atoms. The summed E-state index contributed by atoms with van der Waals surface area (Å²) in [7, 11) is 0. The van der Waals surface area contributed by atoms with Crippen LogP contribution in [0.5, 0.6) is 0 Å². The van der Waals surface area contributed by atoms with E-state index >= 15 is 0 Å². The van der Waals surface area contributed by atoms with Crippen molar-refractivity contribution in [3.63, 3.8) is 0 Å². The van der Waals surface area contributed by atoms with Gasteiger partial charge in [0.2, 0.25) is 0 Å². The Labute approximate surface area is 148 Å². The van der Waals surface area contributed by atoms with Crippen LogP contribution in [0.1, 0.15) is 40.0 Å². The van der Waals surface area contributed by atoms with Crippen molar-refractivity contribution >= 4 is 19.8 Å². The van der Waals surface area contributed by atoms with Crippen molar-refractivity contribution in [3.8, 4) is 0 Å². The molecule has 0 saturated carbocycles. The van der Waals surface area contributed by atoms with Gasteiger partial charge in [-0.05, 0) is 76.5 Å². The van der Waals surface area contributed by atoms with Crippen LogP contribution in [0.25, 0.3) is 0 Å². The third-order valence-electron chi connectivity index (χ3n) is 3.02. The summed E-state index contributed by atoms with van der Waals surface area (Å²) >= 11 is 0. The standard InChI is InChI=1S/3C7H8.Ga/c3*1-7-5-3-2-4-6-7;/h3*3-5H,6H2,1H3;. The number of rotatable bonds is 0. The minimum atomic E-state index is 0. The van der Waals surface area contributed by atoms with Crippen LogP contribution >= 0.6 is 0 Å². The Kier molecular flexibility index (Phi) is 12.2. The summed E-state index contributed by atoms with van der Waals surface area (Å²) in [6.07, 6.45) is 21.4. The second-order valence-corrected chi connectivity index (χ2v) is 5.26. The van der Waals surface area contributed by atoms with Crippen molar-refractivity contribution in [2.45, 2.75) is 40.0 Å². The van der Waals surface area contributed by atoms with Crippen molar-refractivity contribution in [1.82, 2.24) is 0 Å². The van der Waals surface area contributed by atoms with E-state index in [0.717, 1.165) is 19.3 Å². The molecule has 3 aliphatic rings. The van der Waals surface area contributed by atoms with Crippen molar-refractivity contribution in [2.75, 3.05) is 0 Å². The van der Waals surface area contributed by atoms with E-state index in [1.54, 1.807) is 0 Å². The average molecular weight is 346 g/mol. The molecule has 0 aliphatic heterocycles.